The van der Waals surface area contributed by atoms with Crippen molar-refractivity contribution in [2.75, 3.05) is 12.5 Å². The van der Waals surface area contributed by atoms with Crippen molar-refractivity contribution in [3.05, 3.63) is 94.3 Å². The first-order chi connectivity index (χ1) is 16.1. The highest BCUT2D eigenvalue weighted by Crippen LogP contribution is 2.23. The minimum atomic E-state index is 0.322. The lowest BCUT2D eigenvalue weighted by Gasteiger charge is -2.09. The summed E-state index contributed by atoms with van der Waals surface area (Å²) in [6.45, 7) is 2.76. The molecule has 0 radical (unpaired) electrons. The minimum absolute atomic E-state index is 0.322. The first-order valence-electron chi connectivity index (χ1n) is 10.4. The summed E-state index contributed by atoms with van der Waals surface area (Å²) in [7, 11) is 1.59. The second kappa shape index (κ2) is 9.78. The maximum Gasteiger partial charge on any atom is 0.164 e. The molecule has 7 nitrogen and oxygen atoms in total. The van der Waals surface area contributed by atoms with Crippen molar-refractivity contribution in [1.82, 2.24) is 9.55 Å². The van der Waals surface area contributed by atoms with E-state index in [2.05, 4.69) is 32.2 Å². The van der Waals surface area contributed by atoms with Crippen LogP contribution >= 0.6 is 0 Å². The summed E-state index contributed by atoms with van der Waals surface area (Å²) in [6.07, 6.45) is 3.73. The lowest BCUT2D eigenvalue weighted by atomic mass is 10.1. The summed E-state index contributed by atoms with van der Waals surface area (Å²) in [4.78, 5) is 4.42. The third-order valence-corrected chi connectivity index (χ3v) is 5.31. The fraction of sp³-hybridized carbons (Fsp3) is 0.154. The first kappa shape index (κ1) is 21.8. The van der Waals surface area contributed by atoms with Crippen LogP contribution in [-0.4, -0.2) is 22.9 Å². The molecule has 0 aliphatic rings. The molecule has 4 rings (SSSR count). The van der Waals surface area contributed by atoms with Crippen LogP contribution in [0.25, 0.3) is 10.9 Å². The summed E-state index contributed by atoms with van der Waals surface area (Å²) in [5.74, 6) is 0.396. The Balaban J connectivity index is 1.66. The molecular formula is C26H22N6O. The van der Waals surface area contributed by atoms with Crippen molar-refractivity contribution in [2.45, 2.75) is 20.1 Å². The van der Waals surface area contributed by atoms with Crippen molar-refractivity contribution < 1.29 is 4.74 Å². The molecule has 0 saturated carbocycles. The topological polar surface area (TPSA) is 99.0 Å². The number of aromatic nitrogens is 2. The zero-order valence-electron chi connectivity index (χ0n) is 18.4. The molecule has 0 unspecified atom stereocenters. The fourth-order valence-electron chi connectivity index (χ4n) is 3.84. The van der Waals surface area contributed by atoms with E-state index < -0.39 is 0 Å². The van der Waals surface area contributed by atoms with Crippen molar-refractivity contribution in [2.24, 2.45) is 5.10 Å². The largest absolute Gasteiger partial charge is 0.380 e. The number of hydrazone groups is 1. The van der Waals surface area contributed by atoms with Crippen LogP contribution in [0.15, 0.2) is 65.9 Å². The van der Waals surface area contributed by atoms with Crippen LogP contribution in [0, 0.1) is 29.6 Å². The quantitative estimate of drug-likeness (QED) is 0.335. The van der Waals surface area contributed by atoms with Crippen LogP contribution in [0.1, 0.15) is 33.5 Å². The number of anilines is 1. The Hall–Kier alpha value is -4.46. The molecule has 2 heterocycles. The average molecular weight is 435 g/mol. The smallest absolute Gasteiger partial charge is 0.164 e. The van der Waals surface area contributed by atoms with Crippen molar-refractivity contribution in [1.29, 1.82) is 10.5 Å². The number of aryl methyl sites for hydroxylation is 1. The van der Waals surface area contributed by atoms with Crippen molar-refractivity contribution in [3.63, 3.8) is 0 Å². The first-order valence-corrected chi connectivity index (χ1v) is 10.4. The standard InChI is InChI=1S/C26H22N6O/c1-18-11-21(17-33-2)24(13-28)26(30-18)31-29-14-22-16-32(25-10-6-5-9-23(22)25)15-20-8-4-3-7-19(20)12-27/h3-11,14,16H,15,17H2,1-2H3,(H,30,31)/b29-14+. The normalized spacial score (nSPS) is 10.9. The Morgan fingerprint density at radius 3 is 2.67 bits per heavy atom. The second-order valence-electron chi connectivity index (χ2n) is 7.56. The van der Waals surface area contributed by atoms with Gasteiger partial charge in [-0.2, -0.15) is 15.6 Å². The van der Waals surface area contributed by atoms with Gasteiger partial charge in [0.25, 0.3) is 0 Å². The number of fused-ring (bicyclic) bond motifs is 1. The van der Waals surface area contributed by atoms with E-state index in [9.17, 15) is 10.5 Å². The molecule has 2 aromatic carbocycles. The van der Waals surface area contributed by atoms with Crippen LogP contribution < -0.4 is 5.43 Å². The van der Waals surface area contributed by atoms with E-state index in [1.54, 1.807) is 13.3 Å². The van der Waals surface area contributed by atoms with Gasteiger partial charge in [0.1, 0.15) is 11.6 Å². The molecule has 0 bridgehead atoms. The number of nitrogens with one attached hydrogen (secondary N) is 1. The molecule has 0 aliphatic heterocycles. The minimum Gasteiger partial charge on any atom is -0.380 e. The number of methoxy groups -OCH3 is 1. The van der Waals surface area contributed by atoms with Crippen LogP contribution in [0.5, 0.6) is 0 Å². The number of benzene rings is 2. The number of hydrogen-bond acceptors (Lipinski definition) is 6. The van der Waals surface area contributed by atoms with Crippen LogP contribution in [0.2, 0.25) is 0 Å². The molecule has 0 atom stereocenters. The van der Waals surface area contributed by atoms with E-state index in [0.717, 1.165) is 33.3 Å². The van der Waals surface area contributed by atoms with Gasteiger partial charge in [0.05, 0.1) is 24.5 Å². The van der Waals surface area contributed by atoms with E-state index in [0.29, 0.717) is 30.1 Å². The van der Waals surface area contributed by atoms with Crippen molar-refractivity contribution >= 4 is 22.9 Å². The third-order valence-electron chi connectivity index (χ3n) is 5.31. The van der Waals surface area contributed by atoms with Crippen LogP contribution in [-0.2, 0) is 17.9 Å². The molecule has 0 spiro atoms. The SMILES string of the molecule is COCc1cc(C)nc(N/N=C/c2cn(Cc3ccccc3C#N)c3ccccc23)c1C#N. The monoisotopic (exact) mass is 434 g/mol. The second-order valence-corrected chi connectivity index (χ2v) is 7.56. The van der Waals surface area contributed by atoms with E-state index >= 15 is 0 Å². The highest BCUT2D eigenvalue weighted by molar-refractivity contribution is 5.99. The maximum atomic E-state index is 9.60. The lowest BCUT2D eigenvalue weighted by molar-refractivity contribution is 0.184. The maximum absolute atomic E-state index is 9.60. The number of ether oxygens (including phenoxy) is 1. The van der Waals surface area contributed by atoms with Crippen LogP contribution in [0.3, 0.4) is 0 Å². The number of hydrogen-bond donors (Lipinski definition) is 1. The Morgan fingerprint density at radius 2 is 1.88 bits per heavy atom. The summed E-state index contributed by atoms with van der Waals surface area (Å²) in [5.41, 5.74) is 8.44. The third kappa shape index (κ3) is 4.59. The molecule has 33 heavy (non-hydrogen) atoms. The summed E-state index contributed by atoms with van der Waals surface area (Å²) < 4.78 is 7.31. The van der Waals surface area contributed by atoms with Gasteiger partial charge in [-0.25, -0.2) is 4.98 Å². The van der Waals surface area contributed by atoms with E-state index in [-0.39, 0.29) is 0 Å². The molecule has 0 amide bonds. The predicted molar refractivity (Wildman–Crippen MR) is 128 cm³/mol. The highest BCUT2D eigenvalue weighted by atomic mass is 16.5. The molecule has 1 N–H and O–H groups in total. The van der Waals surface area contributed by atoms with E-state index in [4.69, 9.17) is 4.74 Å². The lowest BCUT2D eigenvalue weighted by Crippen LogP contribution is -2.03. The van der Waals surface area contributed by atoms with Crippen LogP contribution in [0.4, 0.5) is 5.82 Å². The van der Waals surface area contributed by atoms with Gasteiger partial charge in [0, 0.05) is 47.6 Å². The van der Waals surface area contributed by atoms with Gasteiger partial charge in [0.15, 0.2) is 5.82 Å². The molecule has 0 aliphatic carbocycles. The van der Waals surface area contributed by atoms with E-state index in [1.165, 1.54) is 0 Å². The fourth-order valence-corrected chi connectivity index (χ4v) is 3.84. The highest BCUT2D eigenvalue weighted by Gasteiger charge is 2.12. The Bertz CT molecular complexity index is 1420. The van der Waals surface area contributed by atoms with Gasteiger partial charge in [-0.15, -0.1) is 0 Å². The summed E-state index contributed by atoms with van der Waals surface area (Å²) >= 11 is 0. The molecular weight excluding hydrogens is 412 g/mol. The molecule has 2 aromatic heterocycles. The Morgan fingerprint density at radius 1 is 1.09 bits per heavy atom. The zero-order chi connectivity index (χ0) is 23.2. The van der Waals surface area contributed by atoms with Gasteiger partial charge in [-0.3, -0.25) is 5.43 Å². The number of nitriles is 2. The van der Waals surface area contributed by atoms with Gasteiger partial charge < -0.3 is 9.30 Å². The molecule has 0 fully saturated rings. The van der Waals surface area contributed by atoms with Gasteiger partial charge >= 0.3 is 0 Å². The zero-order valence-corrected chi connectivity index (χ0v) is 18.4. The number of rotatable bonds is 7. The van der Waals surface area contributed by atoms with Gasteiger partial charge in [-0.1, -0.05) is 36.4 Å². The number of nitrogens with zero attached hydrogens (tertiary/aromatic N) is 5. The Kier molecular flexibility index (Phi) is 6.45. The molecule has 4 aromatic rings. The number of para-hydroxylation sites is 1. The Labute approximate surface area is 192 Å². The van der Waals surface area contributed by atoms with E-state index in [1.807, 2.05) is 67.7 Å². The summed E-state index contributed by atoms with van der Waals surface area (Å²) in [5, 5.41) is 24.4. The van der Waals surface area contributed by atoms with Gasteiger partial charge in [0.2, 0.25) is 0 Å². The van der Waals surface area contributed by atoms with Gasteiger partial charge in [-0.05, 0) is 30.7 Å². The number of pyridine rings is 1. The van der Waals surface area contributed by atoms with Crippen molar-refractivity contribution in [3.8, 4) is 12.1 Å². The molecule has 0 saturated heterocycles. The average Bonchev–Trinajstić information content (AvgIpc) is 3.17. The predicted octanol–water partition coefficient (Wildman–Crippen LogP) is 4.73. The molecule has 7 heteroatoms. The molecule has 162 valence electrons. The summed E-state index contributed by atoms with van der Waals surface area (Å²) in [6, 6.07) is 21.9.